The van der Waals surface area contributed by atoms with E-state index in [0.29, 0.717) is 47.1 Å². The van der Waals surface area contributed by atoms with Crippen LogP contribution in [0.5, 0.6) is 0 Å². The molecule has 37 heavy (non-hydrogen) atoms. The Labute approximate surface area is 223 Å². The number of amides is 4. The summed E-state index contributed by atoms with van der Waals surface area (Å²) in [5.74, 6) is -1.19. The second-order valence-electron chi connectivity index (χ2n) is 8.05. The zero-order chi connectivity index (χ0) is 26.4. The number of aromatic nitrogens is 3. The van der Waals surface area contributed by atoms with E-state index in [1.54, 1.807) is 58.5 Å². The first-order valence-corrected chi connectivity index (χ1v) is 11.1. The Morgan fingerprint density at radius 3 is 2.00 bits per heavy atom. The smallest absolute Gasteiger partial charge is 0.272 e. The van der Waals surface area contributed by atoms with Crippen LogP contribution in [-0.4, -0.2) is 50.2 Å². The van der Waals surface area contributed by atoms with Crippen molar-refractivity contribution in [1.82, 2.24) is 19.0 Å². The van der Waals surface area contributed by atoms with Gasteiger partial charge in [-0.2, -0.15) is 0 Å². The van der Waals surface area contributed by atoms with Crippen LogP contribution in [0, 0.1) is 5.41 Å². The van der Waals surface area contributed by atoms with Crippen molar-refractivity contribution in [2.75, 3.05) is 22.5 Å². The normalized spacial score (nSPS) is 10.2. The Kier molecular flexibility index (Phi) is 9.82. The fraction of sp³-hybridized carbons (Fsp3) is 0.261. The minimum Gasteiger partial charge on any atom is -0.388 e. The molecule has 0 aliphatic heterocycles. The van der Waals surface area contributed by atoms with Crippen molar-refractivity contribution < 1.29 is 19.2 Å². The zero-order valence-electron chi connectivity index (χ0n) is 20.6. The molecule has 13 nitrogen and oxygen atoms in total. The SMILES string of the molecule is Br.CCn1cc(NC(=O)c2cc(NC=O)cn2C)cc1C(=O)Nc1cc(C(=O)NCCC(=N)N)n(C)c1. The van der Waals surface area contributed by atoms with Crippen LogP contribution < -0.4 is 27.0 Å². The molecule has 3 aromatic heterocycles. The maximum absolute atomic E-state index is 13.0. The molecule has 0 spiro atoms. The molecular weight excluding hydrogens is 546 g/mol. The first kappa shape index (κ1) is 28.9. The molecule has 0 bridgehead atoms. The van der Waals surface area contributed by atoms with E-state index in [1.807, 2.05) is 6.92 Å². The second-order valence-corrected chi connectivity index (χ2v) is 8.05. The predicted octanol–water partition coefficient (Wildman–Crippen LogP) is 1.89. The molecule has 3 heterocycles. The standard InChI is InChI=1S/C23H29N9O4.BrH/c1-4-32-12-16(29-22(35)18-7-14(27-13-33)10-30(18)2)9-19(32)23(36)28-15-8-17(31(3)11-15)21(34)26-6-5-20(24)25;/h7-13H,4-6H2,1-3H3,(H3,24,25)(H,26,34)(H,27,33)(H,28,36)(H,29,35);1H. The van der Waals surface area contributed by atoms with Gasteiger partial charge in [-0.3, -0.25) is 24.6 Å². The van der Waals surface area contributed by atoms with Crippen molar-refractivity contribution in [2.24, 2.45) is 19.8 Å². The topological polar surface area (TPSA) is 181 Å². The van der Waals surface area contributed by atoms with E-state index in [1.165, 1.54) is 6.07 Å². The van der Waals surface area contributed by atoms with E-state index in [-0.39, 0.29) is 41.7 Å². The summed E-state index contributed by atoms with van der Waals surface area (Å²) in [5, 5.41) is 17.9. The number of rotatable bonds is 11. The summed E-state index contributed by atoms with van der Waals surface area (Å²) in [6.07, 6.45) is 5.64. The van der Waals surface area contributed by atoms with Gasteiger partial charge in [-0.25, -0.2) is 0 Å². The first-order valence-electron chi connectivity index (χ1n) is 11.1. The number of hydrogen-bond donors (Lipinski definition) is 6. The number of halogens is 1. The quantitative estimate of drug-likeness (QED) is 0.116. The van der Waals surface area contributed by atoms with Crippen LogP contribution in [-0.2, 0) is 25.4 Å². The molecule has 14 heteroatoms. The van der Waals surface area contributed by atoms with E-state index in [2.05, 4.69) is 21.3 Å². The van der Waals surface area contributed by atoms with Gasteiger partial charge < -0.3 is 40.7 Å². The summed E-state index contributed by atoms with van der Waals surface area (Å²) in [6, 6.07) is 4.64. The third-order valence-corrected chi connectivity index (χ3v) is 5.37. The second kappa shape index (κ2) is 12.6. The number of carbonyl (C=O) groups excluding carboxylic acids is 4. The van der Waals surface area contributed by atoms with E-state index >= 15 is 0 Å². The van der Waals surface area contributed by atoms with Gasteiger partial charge in [0.05, 0.1) is 22.9 Å². The van der Waals surface area contributed by atoms with Crippen molar-refractivity contribution in [1.29, 1.82) is 5.41 Å². The Morgan fingerprint density at radius 2 is 1.41 bits per heavy atom. The number of nitrogens with zero attached hydrogens (tertiary/aromatic N) is 3. The molecule has 0 unspecified atom stereocenters. The van der Waals surface area contributed by atoms with E-state index in [9.17, 15) is 19.2 Å². The summed E-state index contributed by atoms with van der Waals surface area (Å²) in [7, 11) is 3.36. The van der Waals surface area contributed by atoms with Crippen LogP contribution in [0.2, 0.25) is 0 Å². The van der Waals surface area contributed by atoms with E-state index in [0.717, 1.165) is 0 Å². The predicted molar refractivity (Wildman–Crippen MR) is 146 cm³/mol. The van der Waals surface area contributed by atoms with Crippen LogP contribution in [0.25, 0.3) is 0 Å². The van der Waals surface area contributed by atoms with Crippen LogP contribution in [0.3, 0.4) is 0 Å². The van der Waals surface area contributed by atoms with E-state index < -0.39 is 11.8 Å². The van der Waals surface area contributed by atoms with Crippen LogP contribution in [0.15, 0.2) is 36.8 Å². The number of amidine groups is 1. The summed E-state index contributed by atoms with van der Waals surface area (Å²) >= 11 is 0. The van der Waals surface area contributed by atoms with Gasteiger partial charge in [0.2, 0.25) is 6.41 Å². The molecular formula is C23H30BrN9O4. The monoisotopic (exact) mass is 575 g/mol. The molecule has 0 radical (unpaired) electrons. The first-order chi connectivity index (χ1) is 17.1. The lowest BCUT2D eigenvalue weighted by Gasteiger charge is -2.05. The van der Waals surface area contributed by atoms with Crippen molar-refractivity contribution >= 4 is 64.0 Å². The third kappa shape index (κ3) is 7.10. The molecule has 0 saturated heterocycles. The van der Waals surface area contributed by atoms with Crippen molar-refractivity contribution in [3.05, 3.63) is 53.9 Å². The molecule has 0 aliphatic carbocycles. The lowest BCUT2D eigenvalue weighted by Crippen LogP contribution is -2.28. The van der Waals surface area contributed by atoms with Crippen molar-refractivity contribution in [2.45, 2.75) is 19.9 Å². The molecule has 0 saturated carbocycles. The van der Waals surface area contributed by atoms with Crippen LogP contribution >= 0.6 is 17.0 Å². The summed E-state index contributed by atoms with van der Waals surface area (Å²) in [6.45, 7) is 2.58. The zero-order valence-corrected chi connectivity index (χ0v) is 22.3. The number of nitrogens with two attached hydrogens (primary N) is 1. The number of carbonyl (C=O) groups is 4. The van der Waals surface area contributed by atoms with Crippen LogP contribution in [0.4, 0.5) is 17.1 Å². The Bertz CT molecular complexity index is 1320. The fourth-order valence-corrected chi connectivity index (χ4v) is 3.62. The van der Waals surface area contributed by atoms with Gasteiger partial charge in [0.1, 0.15) is 17.1 Å². The fourth-order valence-electron chi connectivity index (χ4n) is 3.62. The molecule has 3 rings (SSSR count). The Balaban J connectivity index is 0.00000481. The molecule has 3 aromatic rings. The number of nitrogens with one attached hydrogen (secondary N) is 5. The third-order valence-electron chi connectivity index (χ3n) is 5.37. The van der Waals surface area contributed by atoms with Gasteiger partial charge in [-0.05, 0) is 25.1 Å². The van der Waals surface area contributed by atoms with Gasteiger partial charge in [-0.1, -0.05) is 0 Å². The van der Waals surface area contributed by atoms with Gasteiger partial charge in [0, 0.05) is 52.2 Å². The van der Waals surface area contributed by atoms with E-state index in [4.69, 9.17) is 11.1 Å². The maximum atomic E-state index is 13.0. The Hall–Kier alpha value is -4.33. The molecule has 7 N–H and O–H groups in total. The summed E-state index contributed by atoms with van der Waals surface area (Å²) in [5.41, 5.74) is 7.61. The molecule has 0 atom stereocenters. The molecule has 4 amide bonds. The van der Waals surface area contributed by atoms with Crippen molar-refractivity contribution in [3.63, 3.8) is 0 Å². The highest BCUT2D eigenvalue weighted by atomic mass is 79.9. The highest BCUT2D eigenvalue weighted by Gasteiger charge is 2.19. The molecule has 198 valence electrons. The summed E-state index contributed by atoms with van der Waals surface area (Å²) < 4.78 is 4.85. The average Bonchev–Trinajstić information content (AvgIpc) is 3.50. The minimum absolute atomic E-state index is 0. The van der Waals surface area contributed by atoms with Gasteiger partial charge in [-0.15, -0.1) is 17.0 Å². The lowest BCUT2D eigenvalue weighted by molar-refractivity contribution is -0.105. The van der Waals surface area contributed by atoms with Crippen LogP contribution in [0.1, 0.15) is 44.8 Å². The highest BCUT2D eigenvalue weighted by molar-refractivity contribution is 8.93. The van der Waals surface area contributed by atoms with Gasteiger partial charge in [0.25, 0.3) is 17.7 Å². The van der Waals surface area contributed by atoms with Gasteiger partial charge >= 0.3 is 0 Å². The highest BCUT2D eigenvalue weighted by Crippen LogP contribution is 2.20. The molecule has 0 aliphatic rings. The average molecular weight is 576 g/mol. The molecule has 0 fully saturated rings. The summed E-state index contributed by atoms with van der Waals surface area (Å²) in [4.78, 5) is 48.7. The molecule has 0 aromatic carbocycles. The van der Waals surface area contributed by atoms with Crippen molar-refractivity contribution in [3.8, 4) is 0 Å². The number of hydrogen-bond acceptors (Lipinski definition) is 5. The van der Waals surface area contributed by atoms with Gasteiger partial charge in [0.15, 0.2) is 0 Å². The minimum atomic E-state index is -0.414. The largest absolute Gasteiger partial charge is 0.388 e. The number of aryl methyl sites for hydroxylation is 3. The maximum Gasteiger partial charge on any atom is 0.272 e. The number of anilines is 3. The Morgan fingerprint density at radius 1 is 0.892 bits per heavy atom. The lowest BCUT2D eigenvalue weighted by atomic mass is 10.3.